The van der Waals surface area contributed by atoms with Crippen molar-refractivity contribution in [3.8, 4) is 0 Å². The predicted molar refractivity (Wildman–Crippen MR) is 99.4 cm³/mol. The number of anilines is 1. The third-order valence-corrected chi connectivity index (χ3v) is 5.15. The monoisotopic (exact) mass is 387 g/mol. The Labute approximate surface area is 159 Å². The molecule has 1 saturated heterocycles. The first-order valence-corrected chi connectivity index (χ1v) is 8.98. The van der Waals surface area contributed by atoms with Gasteiger partial charge in [0.2, 0.25) is 0 Å². The Hall–Kier alpha value is -3.23. The number of aromatic nitrogens is 3. The van der Waals surface area contributed by atoms with E-state index >= 15 is 0 Å². The number of rotatable bonds is 2. The maximum atomic E-state index is 13.3. The molecule has 0 radical (unpaired) electrons. The van der Waals surface area contributed by atoms with E-state index in [1.165, 1.54) is 4.52 Å². The van der Waals surface area contributed by atoms with Crippen LogP contribution in [0.3, 0.4) is 0 Å². The Morgan fingerprint density at radius 3 is 2.50 bits per heavy atom. The van der Waals surface area contributed by atoms with Crippen LogP contribution in [0.4, 0.5) is 19.3 Å². The molecule has 0 bridgehead atoms. The van der Waals surface area contributed by atoms with Crippen molar-refractivity contribution < 1.29 is 13.6 Å². The van der Waals surface area contributed by atoms with Crippen molar-refractivity contribution in [2.24, 2.45) is 7.05 Å². The molecule has 1 aliphatic heterocycles. The van der Waals surface area contributed by atoms with E-state index in [-0.39, 0.29) is 17.2 Å². The molecule has 0 saturated carbocycles. The number of benzene rings is 1. The zero-order valence-corrected chi connectivity index (χ0v) is 15.2. The van der Waals surface area contributed by atoms with Gasteiger partial charge < -0.3 is 14.8 Å². The summed E-state index contributed by atoms with van der Waals surface area (Å²) in [5, 5.41) is 6.55. The Kier molecular flexibility index (Phi) is 4.58. The Morgan fingerprint density at radius 2 is 1.82 bits per heavy atom. The molecule has 3 heterocycles. The molecule has 4 rings (SSSR count). The fourth-order valence-corrected chi connectivity index (χ4v) is 3.74. The van der Waals surface area contributed by atoms with Crippen molar-refractivity contribution in [1.82, 2.24) is 19.1 Å². The highest BCUT2D eigenvalue weighted by Gasteiger charge is 2.26. The molecule has 0 atom stereocenters. The molecule has 28 heavy (non-hydrogen) atoms. The van der Waals surface area contributed by atoms with Crippen molar-refractivity contribution >= 4 is 17.4 Å². The standard InChI is InChI=1S/C19H19F2N5O2/c1-24-16(11-18(27)26-17(24)2-5-22-26)12-3-6-25(7-4-12)19(28)23-15-9-13(20)8-14(21)10-15/h2,5,8-12H,3-4,6-7H2,1H3,(H,23,28). The van der Waals surface area contributed by atoms with Crippen LogP contribution in [0.5, 0.6) is 0 Å². The Bertz CT molecular complexity index is 1080. The number of hydrogen-bond acceptors (Lipinski definition) is 3. The van der Waals surface area contributed by atoms with Gasteiger partial charge in [-0.25, -0.2) is 13.6 Å². The second kappa shape index (κ2) is 7.06. The van der Waals surface area contributed by atoms with E-state index in [1.54, 1.807) is 23.2 Å². The molecule has 3 aromatic rings. The second-order valence-electron chi connectivity index (χ2n) is 6.92. The van der Waals surface area contributed by atoms with E-state index in [1.807, 2.05) is 11.6 Å². The summed E-state index contributed by atoms with van der Waals surface area (Å²) in [4.78, 5) is 26.2. The predicted octanol–water partition coefficient (Wildman–Crippen LogP) is 2.72. The van der Waals surface area contributed by atoms with E-state index in [2.05, 4.69) is 10.4 Å². The fourth-order valence-electron chi connectivity index (χ4n) is 3.74. The first-order chi connectivity index (χ1) is 13.4. The maximum Gasteiger partial charge on any atom is 0.321 e. The molecule has 9 heteroatoms. The van der Waals surface area contributed by atoms with Gasteiger partial charge in [-0.3, -0.25) is 4.79 Å². The van der Waals surface area contributed by atoms with Crippen LogP contribution in [0.2, 0.25) is 0 Å². The fraction of sp³-hybridized carbons (Fsp3) is 0.316. The minimum absolute atomic E-state index is 0.0817. The van der Waals surface area contributed by atoms with Crippen molar-refractivity contribution in [3.05, 3.63) is 64.2 Å². The highest BCUT2D eigenvalue weighted by atomic mass is 19.1. The molecule has 7 nitrogen and oxygen atoms in total. The first kappa shape index (κ1) is 18.1. The van der Waals surface area contributed by atoms with Gasteiger partial charge in [-0.15, -0.1) is 0 Å². The lowest BCUT2D eigenvalue weighted by Crippen LogP contribution is -2.41. The molecule has 0 spiro atoms. The summed E-state index contributed by atoms with van der Waals surface area (Å²) in [6.45, 7) is 0.958. The van der Waals surface area contributed by atoms with Gasteiger partial charge in [0.15, 0.2) is 0 Å². The average molecular weight is 387 g/mol. The minimum Gasteiger partial charge on any atom is -0.333 e. The number of carbonyl (C=O) groups is 1. The summed E-state index contributed by atoms with van der Waals surface area (Å²) in [7, 11) is 1.89. The summed E-state index contributed by atoms with van der Waals surface area (Å²) in [6.07, 6.45) is 2.95. The van der Waals surface area contributed by atoms with Gasteiger partial charge in [0.05, 0.1) is 6.20 Å². The molecule has 2 aromatic heterocycles. The van der Waals surface area contributed by atoms with Gasteiger partial charge >= 0.3 is 6.03 Å². The number of hydrogen-bond donors (Lipinski definition) is 1. The number of fused-ring (bicyclic) bond motifs is 1. The van der Waals surface area contributed by atoms with Crippen LogP contribution in [-0.4, -0.2) is 38.2 Å². The van der Waals surface area contributed by atoms with Gasteiger partial charge in [0, 0.05) is 55.6 Å². The number of nitrogens with zero attached hydrogens (tertiary/aromatic N) is 4. The number of piperidine rings is 1. The van der Waals surface area contributed by atoms with Crippen LogP contribution >= 0.6 is 0 Å². The Morgan fingerprint density at radius 1 is 1.14 bits per heavy atom. The lowest BCUT2D eigenvalue weighted by atomic mass is 9.93. The lowest BCUT2D eigenvalue weighted by Gasteiger charge is -2.33. The molecular formula is C19H19F2N5O2. The summed E-state index contributed by atoms with van der Waals surface area (Å²) in [5.74, 6) is -1.36. The number of carbonyl (C=O) groups excluding carboxylic acids is 1. The Balaban J connectivity index is 1.45. The third-order valence-electron chi connectivity index (χ3n) is 5.15. The van der Waals surface area contributed by atoms with Crippen LogP contribution in [0, 0.1) is 11.6 Å². The lowest BCUT2D eigenvalue weighted by molar-refractivity contribution is 0.193. The summed E-state index contributed by atoms with van der Waals surface area (Å²) in [6, 6.07) is 5.88. The largest absolute Gasteiger partial charge is 0.333 e. The minimum atomic E-state index is -0.745. The normalized spacial score (nSPS) is 15.2. The zero-order chi connectivity index (χ0) is 19.8. The average Bonchev–Trinajstić information content (AvgIpc) is 3.15. The molecule has 1 aromatic carbocycles. The smallest absolute Gasteiger partial charge is 0.321 e. The number of urea groups is 1. The SMILES string of the molecule is Cn1c(C2CCN(C(=O)Nc3cc(F)cc(F)c3)CC2)cc(=O)n2nccc12. The van der Waals surface area contributed by atoms with E-state index in [9.17, 15) is 18.4 Å². The van der Waals surface area contributed by atoms with Gasteiger partial charge in [-0.2, -0.15) is 9.61 Å². The second-order valence-corrected chi connectivity index (χ2v) is 6.92. The zero-order valence-electron chi connectivity index (χ0n) is 15.2. The maximum absolute atomic E-state index is 13.3. The van der Waals surface area contributed by atoms with Gasteiger partial charge in [0.1, 0.15) is 17.3 Å². The van der Waals surface area contributed by atoms with Crippen LogP contribution in [-0.2, 0) is 7.05 Å². The first-order valence-electron chi connectivity index (χ1n) is 8.98. The highest BCUT2D eigenvalue weighted by molar-refractivity contribution is 5.89. The molecule has 0 aliphatic carbocycles. The number of aryl methyl sites for hydroxylation is 1. The van der Waals surface area contributed by atoms with Crippen molar-refractivity contribution in [3.63, 3.8) is 0 Å². The summed E-state index contributed by atoms with van der Waals surface area (Å²) >= 11 is 0. The summed E-state index contributed by atoms with van der Waals surface area (Å²) in [5.41, 5.74) is 1.53. The van der Waals surface area contributed by atoms with Crippen molar-refractivity contribution in [2.45, 2.75) is 18.8 Å². The van der Waals surface area contributed by atoms with Crippen LogP contribution in [0.25, 0.3) is 5.65 Å². The van der Waals surface area contributed by atoms with Crippen LogP contribution < -0.4 is 10.9 Å². The number of nitrogens with one attached hydrogen (secondary N) is 1. The molecular weight excluding hydrogens is 368 g/mol. The number of likely N-dealkylation sites (tertiary alicyclic amines) is 1. The summed E-state index contributed by atoms with van der Waals surface area (Å²) < 4.78 is 29.9. The molecule has 146 valence electrons. The van der Waals surface area contributed by atoms with Gasteiger partial charge in [-0.05, 0) is 25.0 Å². The van der Waals surface area contributed by atoms with Crippen LogP contribution in [0.15, 0.2) is 41.3 Å². The van der Waals surface area contributed by atoms with Crippen molar-refractivity contribution in [1.29, 1.82) is 0 Å². The van der Waals surface area contributed by atoms with E-state index in [0.29, 0.717) is 25.9 Å². The molecule has 2 amide bonds. The van der Waals surface area contributed by atoms with E-state index in [4.69, 9.17) is 0 Å². The molecule has 1 N–H and O–H groups in total. The van der Waals surface area contributed by atoms with Gasteiger partial charge in [0.25, 0.3) is 5.56 Å². The number of amides is 2. The number of halogens is 2. The van der Waals surface area contributed by atoms with Crippen LogP contribution in [0.1, 0.15) is 24.5 Å². The molecule has 0 unspecified atom stereocenters. The van der Waals surface area contributed by atoms with Gasteiger partial charge in [-0.1, -0.05) is 0 Å². The van der Waals surface area contributed by atoms with Crippen molar-refractivity contribution in [2.75, 3.05) is 18.4 Å². The topological polar surface area (TPSA) is 71.6 Å². The third kappa shape index (κ3) is 3.35. The highest BCUT2D eigenvalue weighted by Crippen LogP contribution is 2.28. The van der Waals surface area contributed by atoms with E-state index in [0.717, 1.165) is 29.5 Å². The quantitative estimate of drug-likeness (QED) is 0.735. The van der Waals surface area contributed by atoms with E-state index < -0.39 is 17.7 Å². The molecule has 1 aliphatic rings. The molecule has 1 fully saturated rings.